The first-order valence-corrected chi connectivity index (χ1v) is 10.2. The number of halogens is 1. The van der Waals surface area contributed by atoms with Gasteiger partial charge in [-0.2, -0.15) is 0 Å². The second kappa shape index (κ2) is 8.78. The zero-order chi connectivity index (χ0) is 23.7. The highest BCUT2D eigenvalue weighted by Gasteiger charge is 2.47. The number of carbonyl (C=O) groups excluding carboxylic acids is 2. The normalized spacial score (nSPS) is 17.3. The summed E-state index contributed by atoms with van der Waals surface area (Å²) in [6, 6.07) is 16.6. The van der Waals surface area contributed by atoms with E-state index in [0.29, 0.717) is 11.3 Å². The molecule has 0 radical (unpaired) electrons. The molecule has 0 aliphatic carbocycles. The number of methoxy groups -OCH3 is 2. The molecule has 1 aliphatic rings. The van der Waals surface area contributed by atoms with E-state index >= 15 is 0 Å². The van der Waals surface area contributed by atoms with Gasteiger partial charge in [0.15, 0.2) is 0 Å². The van der Waals surface area contributed by atoms with Crippen molar-refractivity contribution in [3.8, 4) is 11.5 Å². The van der Waals surface area contributed by atoms with Gasteiger partial charge in [0.1, 0.15) is 28.6 Å². The number of nitrogens with zero attached hydrogens (tertiary/aromatic N) is 1. The number of carbonyl (C=O) groups is 2. The zero-order valence-corrected chi connectivity index (χ0v) is 18.3. The smallest absolute Gasteiger partial charge is 0.300 e. The minimum atomic E-state index is -0.940. The number of Topliss-reactive ketones (excluding diaryl/α,β-unsaturated/α-hetero) is 1. The Morgan fingerprint density at radius 2 is 1.55 bits per heavy atom. The van der Waals surface area contributed by atoms with Crippen LogP contribution in [0.4, 0.5) is 10.1 Å². The van der Waals surface area contributed by atoms with Gasteiger partial charge < -0.3 is 14.6 Å². The van der Waals surface area contributed by atoms with Gasteiger partial charge in [-0.3, -0.25) is 14.5 Å². The minimum absolute atomic E-state index is 0.113. The van der Waals surface area contributed by atoms with Gasteiger partial charge in [0.25, 0.3) is 11.7 Å². The van der Waals surface area contributed by atoms with Crippen LogP contribution in [0.5, 0.6) is 11.5 Å². The first-order chi connectivity index (χ1) is 15.9. The van der Waals surface area contributed by atoms with Crippen LogP contribution in [0, 0.1) is 12.7 Å². The lowest BCUT2D eigenvalue weighted by Crippen LogP contribution is -2.29. The van der Waals surface area contributed by atoms with Gasteiger partial charge in [0.05, 0.1) is 25.8 Å². The number of aliphatic hydroxyl groups excluding tert-OH is 1. The molecule has 1 aliphatic heterocycles. The molecule has 168 valence electrons. The molecule has 0 spiro atoms. The molecule has 7 heteroatoms. The average molecular weight is 447 g/mol. The lowest BCUT2D eigenvalue weighted by molar-refractivity contribution is -0.132. The summed E-state index contributed by atoms with van der Waals surface area (Å²) in [7, 11) is 2.86. The number of ether oxygens (including phenoxy) is 2. The summed E-state index contributed by atoms with van der Waals surface area (Å²) >= 11 is 0. The van der Waals surface area contributed by atoms with Crippen molar-refractivity contribution in [3.63, 3.8) is 0 Å². The lowest BCUT2D eigenvalue weighted by Gasteiger charge is -2.26. The van der Waals surface area contributed by atoms with Crippen molar-refractivity contribution in [3.05, 3.63) is 94.8 Å². The maximum atomic E-state index is 13.6. The molecule has 1 amide bonds. The van der Waals surface area contributed by atoms with E-state index in [4.69, 9.17) is 9.47 Å². The Kier molecular flexibility index (Phi) is 5.87. The molecule has 1 N–H and O–H groups in total. The molecule has 0 aromatic heterocycles. The third-order valence-corrected chi connectivity index (χ3v) is 5.57. The van der Waals surface area contributed by atoms with Gasteiger partial charge in [-0.1, -0.05) is 35.9 Å². The Morgan fingerprint density at radius 3 is 2.12 bits per heavy atom. The number of aliphatic hydroxyl groups is 1. The van der Waals surface area contributed by atoms with Crippen molar-refractivity contribution in [1.82, 2.24) is 0 Å². The van der Waals surface area contributed by atoms with E-state index in [0.717, 1.165) is 5.56 Å². The van der Waals surface area contributed by atoms with E-state index in [1.165, 1.54) is 43.4 Å². The van der Waals surface area contributed by atoms with Crippen molar-refractivity contribution < 1.29 is 28.6 Å². The van der Waals surface area contributed by atoms with Crippen LogP contribution in [0.3, 0.4) is 0 Å². The van der Waals surface area contributed by atoms with E-state index in [1.807, 2.05) is 19.1 Å². The molecule has 1 fully saturated rings. The topological polar surface area (TPSA) is 76.1 Å². The van der Waals surface area contributed by atoms with E-state index in [9.17, 15) is 19.1 Å². The van der Waals surface area contributed by atoms with Gasteiger partial charge in [0, 0.05) is 5.69 Å². The number of benzene rings is 3. The number of anilines is 1. The summed E-state index contributed by atoms with van der Waals surface area (Å²) in [6.07, 6.45) is 0. The second-order valence-electron chi connectivity index (χ2n) is 7.60. The molecule has 0 bridgehead atoms. The molecular formula is C26H22FNO5. The molecule has 3 aromatic rings. The van der Waals surface area contributed by atoms with E-state index < -0.39 is 29.3 Å². The van der Waals surface area contributed by atoms with Crippen LogP contribution in [0.1, 0.15) is 22.7 Å². The summed E-state index contributed by atoms with van der Waals surface area (Å²) in [5.74, 6) is -2.02. The molecule has 6 nitrogen and oxygen atoms in total. The second-order valence-corrected chi connectivity index (χ2v) is 7.60. The maximum absolute atomic E-state index is 13.6. The number of rotatable bonds is 5. The zero-order valence-electron chi connectivity index (χ0n) is 18.3. The van der Waals surface area contributed by atoms with Gasteiger partial charge in [-0.25, -0.2) is 4.39 Å². The summed E-state index contributed by atoms with van der Waals surface area (Å²) in [6.45, 7) is 1.89. The van der Waals surface area contributed by atoms with Gasteiger partial charge in [-0.15, -0.1) is 0 Å². The molecule has 0 saturated carbocycles. The van der Waals surface area contributed by atoms with Crippen molar-refractivity contribution in [2.75, 3.05) is 19.1 Å². The highest BCUT2D eigenvalue weighted by atomic mass is 19.1. The van der Waals surface area contributed by atoms with Crippen LogP contribution in [0.2, 0.25) is 0 Å². The van der Waals surface area contributed by atoms with Gasteiger partial charge in [0.2, 0.25) is 0 Å². The Morgan fingerprint density at radius 1 is 0.939 bits per heavy atom. The molecular weight excluding hydrogens is 425 g/mol. The number of amides is 1. The summed E-state index contributed by atoms with van der Waals surface area (Å²) in [5, 5.41) is 11.4. The molecule has 3 aromatic carbocycles. The fraction of sp³-hybridized carbons (Fsp3) is 0.154. The molecule has 1 heterocycles. The fourth-order valence-electron chi connectivity index (χ4n) is 4.08. The first kappa shape index (κ1) is 22.1. The highest BCUT2D eigenvalue weighted by Crippen LogP contribution is 2.45. The third kappa shape index (κ3) is 3.82. The average Bonchev–Trinajstić information content (AvgIpc) is 3.09. The van der Waals surface area contributed by atoms with Crippen LogP contribution in [-0.4, -0.2) is 31.0 Å². The number of ketones is 1. The number of hydrogen-bond donors (Lipinski definition) is 1. The molecule has 33 heavy (non-hydrogen) atoms. The first-order valence-electron chi connectivity index (χ1n) is 10.2. The van der Waals surface area contributed by atoms with Crippen molar-refractivity contribution in [2.24, 2.45) is 0 Å². The SMILES string of the molecule is COc1cccc(OC)c1/C(O)=C1\C(=O)C(=O)N(c2ccc(F)cc2)C1c1cccc(C)c1. The number of hydrogen-bond acceptors (Lipinski definition) is 5. The summed E-state index contributed by atoms with van der Waals surface area (Å²) < 4.78 is 24.3. The standard InChI is InChI=1S/C26H22FNO5/c1-15-6-4-7-16(14-15)23-22(24(29)21-19(32-2)8-5-9-20(21)33-3)25(30)26(31)28(23)18-12-10-17(27)11-13-18/h4-14,23,29H,1-3H3/b24-22+. The fourth-order valence-corrected chi connectivity index (χ4v) is 4.08. The van der Waals surface area contributed by atoms with E-state index in [-0.39, 0.29) is 22.6 Å². The molecule has 1 atom stereocenters. The van der Waals surface area contributed by atoms with E-state index in [1.54, 1.807) is 30.3 Å². The maximum Gasteiger partial charge on any atom is 0.300 e. The van der Waals surface area contributed by atoms with Crippen molar-refractivity contribution in [2.45, 2.75) is 13.0 Å². The Bertz CT molecular complexity index is 1240. The van der Waals surface area contributed by atoms with Gasteiger partial charge in [-0.05, 0) is 48.9 Å². The predicted octanol–water partition coefficient (Wildman–Crippen LogP) is 4.78. The monoisotopic (exact) mass is 447 g/mol. The Hall–Kier alpha value is -4.13. The summed E-state index contributed by atoms with van der Waals surface area (Å²) in [5.41, 5.74) is 1.91. The molecule has 4 rings (SSSR count). The van der Waals surface area contributed by atoms with Crippen LogP contribution < -0.4 is 14.4 Å². The largest absolute Gasteiger partial charge is 0.506 e. The van der Waals surface area contributed by atoms with Crippen molar-refractivity contribution in [1.29, 1.82) is 0 Å². The van der Waals surface area contributed by atoms with E-state index in [2.05, 4.69) is 0 Å². The van der Waals surface area contributed by atoms with Crippen LogP contribution in [-0.2, 0) is 9.59 Å². The highest BCUT2D eigenvalue weighted by molar-refractivity contribution is 6.51. The van der Waals surface area contributed by atoms with Crippen LogP contribution in [0.15, 0.2) is 72.3 Å². The lowest BCUT2D eigenvalue weighted by atomic mass is 9.93. The van der Waals surface area contributed by atoms with Gasteiger partial charge >= 0.3 is 0 Å². The quantitative estimate of drug-likeness (QED) is 0.346. The number of aryl methyl sites for hydroxylation is 1. The minimum Gasteiger partial charge on any atom is -0.506 e. The predicted molar refractivity (Wildman–Crippen MR) is 122 cm³/mol. The summed E-state index contributed by atoms with van der Waals surface area (Å²) in [4.78, 5) is 27.7. The van der Waals surface area contributed by atoms with Crippen LogP contribution >= 0.6 is 0 Å². The molecule has 1 saturated heterocycles. The Labute approximate surface area is 190 Å². The Balaban J connectivity index is 2.01. The van der Waals surface area contributed by atoms with Crippen molar-refractivity contribution >= 4 is 23.1 Å². The van der Waals surface area contributed by atoms with Crippen LogP contribution in [0.25, 0.3) is 5.76 Å². The molecule has 1 unspecified atom stereocenters. The third-order valence-electron chi connectivity index (χ3n) is 5.57.